The third-order valence-electron chi connectivity index (χ3n) is 3.20. The Kier molecular flexibility index (Phi) is 3.84. The molecule has 0 unspecified atom stereocenters. The Morgan fingerprint density at radius 3 is 2.64 bits per heavy atom. The van der Waals surface area contributed by atoms with Crippen molar-refractivity contribution in [2.24, 2.45) is 0 Å². The monoisotopic (exact) mass is 352 g/mol. The summed E-state index contributed by atoms with van der Waals surface area (Å²) >= 11 is 7.58. The Morgan fingerprint density at radius 2 is 1.91 bits per heavy atom. The SMILES string of the molecule is Cc1nc2cc(NS(=O)(=O)c3ccc(C)c(Cl)c3)ccc2s1. The maximum absolute atomic E-state index is 12.4. The van der Waals surface area contributed by atoms with Gasteiger partial charge in [-0.2, -0.15) is 0 Å². The highest BCUT2D eigenvalue weighted by Gasteiger charge is 2.16. The summed E-state index contributed by atoms with van der Waals surface area (Å²) in [7, 11) is -3.67. The van der Waals surface area contributed by atoms with Gasteiger partial charge in [0.1, 0.15) is 0 Å². The van der Waals surface area contributed by atoms with Gasteiger partial charge in [-0.1, -0.05) is 17.7 Å². The summed E-state index contributed by atoms with van der Waals surface area (Å²) in [4.78, 5) is 4.50. The van der Waals surface area contributed by atoms with Gasteiger partial charge >= 0.3 is 0 Å². The molecule has 1 aromatic heterocycles. The minimum absolute atomic E-state index is 0.137. The summed E-state index contributed by atoms with van der Waals surface area (Å²) in [5.41, 5.74) is 2.10. The van der Waals surface area contributed by atoms with E-state index in [1.807, 2.05) is 19.9 Å². The number of aryl methyl sites for hydroxylation is 2. The summed E-state index contributed by atoms with van der Waals surface area (Å²) in [5, 5.41) is 1.37. The molecule has 1 N–H and O–H groups in total. The van der Waals surface area contributed by atoms with Gasteiger partial charge in [0.15, 0.2) is 0 Å². The number of fused-ring (bicyclic) bond motifs is 1. The zero-order chi connectivity index (χ0) is 15.9. The van der Waals surface area contributed by atoms with Gasteiger partial charge in [-0.3, -0.25) is 4.72 Å². The van der Waals surface area contributed by atoms with Crippen molar-refractivity contribution < 1.29 is 8.42 Å². The molecule has 0 radical (unpaired) electrons. The fourth-order valence-electron chi connectivity index (χ4n) is 2.06. The topological polar surface area (TPSA) is 59.1 Å². The molecular weight excluding hydrogens is 340 g/mol. The third kappa shape index (κ3) is 2.95. The zero-order valence-corrected chi connectivity index (χ0v) is 14.3. The van der Waals surface area contributed by atoms with E-state index in [1.165, 1.54) is 12.1 Å². The summed E-state index contributed by atoms with van der Waals surface area (Å²) in [6.45, 7) is 3.74. The number of anilines is 1. The van der Waals surface area contributed by atoms with Gasteiger partial charge in [-0.05, 0) is 49.7 Å². The van der Waals surface area contributed by atoms with Crippen LogP contribution in [-0.4, -0.2) is 13.4 Å². The van der Waals surface area contributed by atoms with Crippen molar-refractivity contribution in [2.45, 2.75) is 18.7 Å². The van der Waals surface area contributed by atoms with Crippen LogP contribution in [0.3, 0.4) is 0 Å². The average Bonchev–Trinajstić information content (AvgIpc) is 2.80. The normalized spacial score (nSPS) is 11.8. The number of hydrogen-bond acceptors (Lipinski definition) is 4. The van der Waals surface area contributed by atoms with Crippen LogP contribution in [0.25, 0.3) is 10.2 Å². The predicted octanol–water partition coefficient (Wildman–Crippen LogP) is 4.37. The highest BCUT2D eigenvalue weighted by molar-refractivity contribution is 7.92. The van der Waals surface area contributed by atoms with Gasteiger partial charge in [0.2, 0.25) is 0 Å². The minimum atomic E-state index is -3.67. The molecule has 0 fully saturated rings. The van der Waals surface area contributed by atoms with Crippen LogP contribution < -0.4 is 4.72 Å². The lowest BCUT2D eigenvalue weighted by Crippen LogP contribution is -2.12. The van der Waals surface area contributed by atoms with E-state index in [-0.39, 0.29) is 4.90 Å². The fraction of sp³-hybridized carbons (Fsp3) is 0.133. The van der Waals surface area contributed by atoms with Gasteiger partial charge in [-0.25, -0.2) is 13.4 Å². The lowest BCUT2D eigenvalue weighted by Gasteiger charge is -2.09. The number of halogens is 1. The van der Waals surface area contributed by atoms with E-state index in [0.717, 1.165) is 20.8 Å². The van der Waals surface area contributed by atoms with E-state index in [9.17, 15) is 8.42 Å². The van der Waals surface area contributed by atoms with Crippen molar-refractivity contribution in [3.8, 4) is 0 Å². The number of rotatable bonds is 3. The molecule has 0 atom stereocenters. The number of hydrogen-bond donors (Lipinski definition) is 1. The second-order valence-electron chi connectivity index (χ2n) is 4.93. The lowest BCUT2D eigenvalue weighted by atomic mass is 10.2. The molecule has 0 saturated heterocycles. The Balaban J connectivity index is 1.96. The van der Waals surface area contributed by atoms with E-state index < -0.39 is 10.0 Å². The molecule has 7 heteroatoms. The van der Waals surface area contributed by atoms with Crippen molar-refractivity contribution >= 4 is 48.9 Å². The van der Waals surface area contributed by atoms with Crippen LogP contribution in [0.4, 0.5) is 5.69 Å². The number of aromatic nitrogens is 1. The molecule has 0 bridgehead atoms. The third-order valence-corrected chi connectivity index (χ3v) is 5.94. The number of benzene rings is 2. The smallest absolute Gasteiger partial charge is 0.261 e. The first kappa shape index (κ1) is 15.3. The molecule has 3 aromatic rings. The number of sulfonamides is 1. The fourth-order valence-corrected chi connectivity index (χ4v) is 4.19. The van der Waals surface area contributed by atoms with Crippen molar-refractivity contribution in [1.82, 2.24) is 4.98 Å². The molecule has 3 rings (SSSR count). The van der Waals surface area contributed by atoms with Crippen molar-refractivity contribution in [3.05, 3.63) is 52.0 Å². The second kappa shape index (κ2) is 5.53. The molecule has 0 aliphatic rings. The molecular formula is C15H13ClN2O2S2. The Labute approximate surface area is 137 Å². The lowest BCUT2D eigenvalue weighted by molar-refractivity contribution is 0.601. The van der Waals surface area contributed by atoms with Gasteiger partial charge < -0.3 is 0 Å². The molecule has 22 heavy (non-hydrogen) atoms. The standard InChI is InChI=1S/C15H13ClN2O2S2/c1-9-3-5-12(8-13(9)16)22(19,20)18-11-4-6-15-14(7-11)17-10(2)21-15/h3-8,18H,1-2H3. The van der Waals surface area contributed by atoms with Crippen LogP contribution in [0.15, 0.2) is 41.3 Å². The number of nitrogens with zero attached hydrogens (tertiary/aromatic N) is 1. The maximum Gasteiger partial charge on any atom is 0.261 e. The van der Waals surface area contributed by atoms with Crippen LogP contribution in [-0.2, 0) is 10.0 Å². The summed E-state index contributed by atoms with van der Waals surface area (Å²) in [6.07, 6.45) is 0. The van der Waals surface area contributed by atoms with Crippen LogP contribution >= 0.6 is 22.9 Å². The average molecular weight is 353 g/mol. The molecule has 1 heterocycles. The van der Waals surface area contributed by atoms with Gasteiger partial charge in [0.05, 0.1) is 25.8 Å². The van der Waals surface area contributed by atoms with Gasteiger partial charge in [0, 0.05) is 5.02 Å². The van der Waals surface area contributed by atoms with E-state index in [2.05, 4.69) is 9.71 Å². The summed E-state index contributed by atoms with van der Waals surface area (Å²) < 4.78 is 28.4. The number of thiazole rings is 1. The molecule has 0 amide bonds. The zero-order valence-electron chi connectivity index (χ0n) is 11.9. The quantitative estimate of drug-likeness (QED) is 0.761. The highest BCUT2D eigenvalue weighted by atomic mass is 35.5. The number of nitrogens with one attached hydrogen (secondary N) is 1. The van der Waals surface area contributed by atoms with E-state index in [1.54, 1.807) is 29.5 Å². The Hall–Kier alpha value is -1.63. The Bertz CT molecular complexity index is 965. The molecule has 0 saturated carbocycles. The van der Waals surface area contributed by atoms with Crippen molar-refractivity contribution in [1.29, 1.82) is 0 Å². The molecule has 114 valence electrons. The van der Waals surface area contributed by atoms with E-state index in [4.69, 9.17) is 11.6 Å². The van der Waals surface area contributed by atoms with Gasteiger partial charge in [0.25, 0.3) is 10.0 Å². The molecule has 0 aliphatic carbocycles. The first-order chi connectivity index (χ1) is 10.3. The molecule has 0 aliphatic heterocycles. The van der Waals surface area contributed by atoms with Crippen LogP contribution in [0.5, 0.6) is 0 Å². The van der Waals surface area contributed by atoms with Crippen LogP contribution in [0, 0.1) is 13.8 Å². The summed E-state index contributed by atoms with van der Waals surface area (Å²) in [6, 6.07) is 9.99. The Morgan fingerprint density at radius 1 is 1.14 bits per heavy atom. The first-order valence-corrected chi connectivity index (χ1v) is 9.19. The molecule has 0 spiro atoms. The summed E-state index contributed by atoms with van der Waals surface area (Å²) in [5.74, 6) is 0. The van der Waals surface area contributed by atoms with E-state index in [0.29, 0.717) is 10.7 Å². The van der Waals surface area contributed by atoms with Crippen LogP contribution in [0.1, 0.15) is 10.6 Å². The minimum Gasteiger partial charge on any atom is -0.280 e. The second-order valence-corrected chi connectivity index (χ2v) is 8.26. The van der Waals surface area contributed by atoms with Crippen molar-refractivity contribution in [2.75, 3.05) is 4.72 Å². The van der Waals surface area contributed by atoms with E-state index >= 15 is 0 Å². The molecule has 2 aromatic carbocycles. The first-order valence-electron chi connectivity index (χ1n) is 6.51. The largest absolute Gasteiger partial charge is 0.280 e. The van der Waals surface area contributed by atoms with Crippen LogP contribution in [0.2, 0.25) is 5.02 Å². The maximum atomic E-state index is 12.4. The highest BCUT2D eigenvalue weighted by Crippen LogP contribution is 2.26. The van der Waals surface area contributed by atoms with Gasteiger partial charge in [-0.15, -0.1) is 11.3 Å². The van der Waals surface area contributed by atoms with Crippen molar-refractivity contribution in [3.63, 3.8) is 0 Å². The molecule has 4 nitrogen and oxygen atoms in total. The predicted molar refractivity (Wildman–Crippen MR) is 91.4 cm³/mol.